The highest BCUT2D eigenvalue weighted by Crippen LogP contribution is 2.10. The number of nitrogens with one attached hydrogen (secondary N) is 1. The molecule has 1 aliphatic heterocycles. The molecule has 136 valence electrons. The van der Waals surface area contributed by atoms with Crippen molar-refractivity contribution in [1.29, 1.82) is 0 Å². The van der Waals surface area contributed by atoms with Crippen LogP contribution in [0.5, 0.6) is 0 Å². The first-order valence-electron chi connectivity index (χ1n) is 8.63. The Morgan fingerprint density at radius 1 is 1.32 bits per heavy atom. The Hall–Kier alpha value is -1.51. The third kappa shape index (κ3) is 4.19. The summed E-state index contributed by atoms with van der Waals surface area (Å²) in [6.45, 7) is 6.20. The van der Waals surface area contributed by atoms with Crippen molar-refractivity contribution in [3.8, 4) is 0 Å². The maximum Gasteiger partial charge on any atom is 0.203 e. The first-order chi connectivity index (χ1) is 11.9. The molecule has 3 rings (SSSR count). The molecule has 2 aromatic rings. The van der Waals surface area contributed by atoms with Crippen molar-refractivity contribution in [3.05, 3.63) is 46.5 Å². The second kappa shape index (κ2) is 7.39. The average molecular weight is 382 g/mol. The third-order valence-electron chi connectivity index (χ3n) is 4.91. The van der Waals surface area contributed by atoms with Crippen molar-refractivity contribution < 1.29 is 13.3 Å². The number of sulfone groups is 1. The summed E-state index contributed by atoms with van der Waals surface area (Å²) >= 11 is 5.63. The molecule has 0 saturated carbocycles. The summed E-state index contributed by atoms with van der Waals surface area (Å²) in [5.74, 6) is 1.45. The van der Waals surface area contributed by atoms with Gasteiger partial charge in [0.2, 0.25) is 4.77 Å². The van der Waals surface area contributed by atoms with Gasteiger partial charge in [0.05, 0.1) is 18.8 Å². The number of hydrogen-bond donors (Lipinski definition) is 1. The molecule has 1 fully saturated rings. The summed E-state index contributed by atoms with van der Waals surface area (Å²) in [6, 6.07) is 10.3. The van der Waals surface area contributed by atoms with Crippen LogP contribution in [0.4, 0.5) is 0 Å². The predicted molar refractivity (Wildman–Crippen MR) is 99.9 cm³/mol. The monoisotopic (exact) mass is 381 g/mol. The van der Waals surface area contributed by atoms with Crippen LogP contribution in [0.1, 0.15) is 24.7 Å². The minimum Gasteiger partial charge on any atom is -0.313 e. The Bertz CT molecular complexity index is 887. The van der Waals surface area contributed by atoms with Crippen molar-refractivity contribution >= 4 is 22.1 Å². The van der Waals surface area contributed by atoms with Crippen LogP contribution < -0.4 is 4.90 Å². The van der Waals surface area contributed by atoms with Gasteiger partial charge in [-0.2, -0.15) is 9.78 Å². The summed E-state index contributed by atoms with van der Waals surface area (Å²) in [7, 11) is -2.88. The highest BCUT2D eigenvalue weighted by Gasteiger charge is 2.35. The molecule has 1 unspecified atom stereocenters. The molecule has 1 saturated heterocycles. The maximum absolute atomic E-state index is 11.8. The Kier molecular flexibility index (Phi) is 5.41. The fourth-order valence-electron chi connectivity index (χ4n) is 3.44. The fraction of sp³-hybridized carbons (Fsp3) is 0.529. The lowest BCUT2D eigenvalue weighted by Crippen LogP contribution is -3.15. The molecule has 1 N–H and O–H groups in total. The highest BCUT2D eigenvalue weighted by molar-refractivity contribution is 7.91. The van der Waals surface area contributed by atoms with E-state index < -0.39 is 9.84 Å². The van der Waals surface area contributed by atoms with E-state index in [1.54, 1.807) is 0 Å². The van der Waals surface area contributed by atoms with Crippen LogP contribution >= 0.6 is 12.2 Å². The van der Waals surface area contributed by atoms with Gasteiger partial charge in [-0.25, -0.2) is 8.42 Å². The highest BCUT2D eigenvalue weighted by atomic mass is 32.2. The molecular weight excluding hydrogens is 356 g/mol. The van der Waals surface area contributed by atoms with Crippen molar-refractivity contribution in [2.24, 2.45) is 0 Å². The summed E-state index contributed by atoms with van der Waals surface area (Å²) < 4.78 is 28.1. The number of benzene rings is 1. The molecule has 0 radical (unpaired) electrons. The summed E-state index contributed by atoms with van der Waals surface area (Å²) in [5.41, 5.74) is 1.18. The van der Waals surface area contributed by atoms with Gasteiger partial charge in [-0.15, -0.1) is 0 Å². The molecular formula is C17H25N4O2S2+. The fourth-order valence-corrected chi connectivity index (χ4v) is 5.57. The molecule has 0 bridgehead atoms. The number of aromatic nitrogens is 3. The standard InChI is InChI=1S/C17H24N4O2S2/c1-3-19(16-9-10-25(22,23)12-16)13-21-17(24)20(14(2)18-21)11-15-7-5-4-6-8-15/h4-8,16H,3,9-13H2,1-2H3/p+1/t16-/m1/s1. The topological polar surface area (TPSA) is 61.3 Å². The smallest absolute Gasteiger partial charge is 0.203 e. The van der Waals surface area contributed by atoms with E-state index >= 15 is 0 Å². The lowest BCUT2D eigenvalue weighted by molar-refractivity contribution is -0.943. The van der Waals surface area contributed by atoms with Gasteiger partial charge in [0.15, 0.2) is 16.5 Å². The van der Waals surface area contributed by atoms with Crippen LogP contribution in [0.3, 0.4) is 0 Å². The second-order valence-electron chi connectivity index (χ2n) is 6.67. The maximum atomic E-state index is 11.8. The molecule has 2 heterocycles. The lowest BCUT2D eigenvalue weighted by Gasteiger charge is -2.23. The Morgan fingerprint density at radius 3 is 2.64 bits per heavy atom. The van der Waals surface area contributed by atoms with Gasteiger partial charge >= 0.3 is 0 Å². The molecule has 0 aliphatic carbocycles. The molecule has 1 aromatic carbocycles. The summed E-state index contributed by atoms with van der Waals surface area (Å²) in [4.78, 5) is 1.22. The SMILES string of the molecule is CC[NH+](Cn1nc(C)n(Cc2ccccc2)c1=S)[C@@H]1CCS(=O)(=O)C1. The van der Waals surface area contributed by atoms with E-state index in [4.69, 9.17) is 12.2 Å². The third-order valence-corrected chi connectivity index (χ3v) is 7.11. The molecule has 1 aromatic heterocycles. The zero-order valence-electron chi connectivity index (χ0n) is 14.7. The van der Waals surface area contributed by atoms with Crippen LogP contribution in [-0.4, -0.2) is 46.9 Å². The number of nitrogens with zero attached hydrogens (tertiary/aromatic N) is 3. The van der Waals surface area contributed by atoms with E-state index in [1.807, 2.05) is 34.4 Å². The van der Waals surface area contributed by atoms with E-state index in [9.17, 15) is 8.42 Å². The number of aryl methyl sites for hydroxylation is 1. The van der Waals surface area contributed by atoms with Gasteiger partial charge in [-0.3, -0.25) is 4.57 Å². The van der Waals surface area contributed by atoms with Gasteiger partial charge in [-0.1, -0.05) is 30.3 Å². The number of quaternary nitrogens is 1. The quantitative estimate of drug-likeness (QED) is 0.753. The van der Waals surface area contributed by atoms with E-state index in [0.29, 0.717) is 23.7 Å². The van der Waals surface area contributed by atoms with Gasteiger partial charge in [0.1, 0.15) is 17.6 Å². The summed E-state index contributed by atoms with van der Waals surface area (Å²) in [6.07, 6.45) is 0.725. The van der Waals surface area contributed by atoms with Crippen LogP contribution in [0, 0.1) is 11.7 Å². The lowest BCUT2D eigenvalue weighted by atomic mass is 10.2. The molecule has 1 aliphatic rings. The van der Waals surface area contributed by atoms with E-state index in [0.717, 1.165) is 18.8 Å². The van der Waals surface area contributed by atoms with Gasteiger partial charge in [0, 0.05) is 6.42 Å². The molecule has 25 heavy (non-hydrogen) atoms. The minimum atomic E-state index is -2.88. The van der Waals surface area contributed by atoms with E-state index in [-0.39, 0.29) is 11.8 Å². The number of rotatable bonds is 6. The van der Waals surface area contributed by atoms with Crippen LogP contribution in [-0.2, 0) is 23.1 Å². The van der Waals surface area contributed by atoms with Gasteiger partial charge in [0.25, 0.3) is 0 Å². The molecule has 6 nitrogen and oxygen atoms in total. The molecule has 0 spiro atoms. The van der Waals surface area contributed by atoms with Crippen molar-refractivity contribution in [1.82, 2.24) is 14.3 Å². The van der Waals surface area contributed by atoms with Crippen LogP contribution in [0.2, 0.25) is 0 Å². The van der Waals surface area contributed by atoms with Crippen LogP contribution in [0.15, 0.2) is 30.3 Å². The first kappa shape index (κ1) is 18.3. The molecule has 8 heteroatoms. The summed E-state index contributed by atoms with van der Waals surface area (Å²) in [5, 5.41) is 4.61. The minimum absolute atomic E-state index is 0.136. The zero-order valence-corrected chi connectivity index (χ0v) is 16.3. The van der Waals surface area contributed by atoms with E-state index in [1.165, 1.54) is 10.5 Å². The normalized spacial score (nSPS) is 20.6. The van der Waals surface area contributed by atoms with Gasteiger partial charge < -0.3 is 4.90 Å². The number of hydrogen-bond acceptors (Lipinski definition) is 4. The average Bonchev–Trinajstić information content (AvgIpc) is 3.07. The van der Waals surface area contributed by atoms with Crippen molar-refractivity contribution in [3.63, 3.8) is 0 Å². The van der Waals surface area contributed by atoms with Crippen LogP contribution in [0.25, 0.3) is 0 Å². The Balaban J connectivity index is 1.79. The molecule has 2 atom stereocenters. The second-order valence-corrected chi connectivity index (χ2v) is 9.26. The zero-order chi connectivity index (χ0) is 18.0. The van der Waals surface area contributed by atoms with Crippen molar-refractivity contribution in [2.75, 3.05) is 18.1 Å². The Labute approximate surface area is 154 Å². The predicted octanol–water partition coefficient (Wildman–Crippen LogP) is 0.820. The Morgan fingerprint density at radius 2 is 2.04 bits per heavy atom. The molecule has 0 amide bonds. The van der Waals surface area contributed by atoms with Gasteiger partial charge in [-0.05, 0) is 31.6 Å². The van der Waals surface area contributed by atoms with E-state index in [2.05, 4.69) is 24.2 Å². The largest absolute Gasteiger partial charge is 0.313 e. The first-order valence-corrected chi connectivity index (χ1v) is 10.9. The van der Waals surface area contributed by atoms with Crippen molar-refractivity contribution in [2.45, 2.75) is 39.5 Å².